The van der Waals surface area contributed by atoms with Gasteiger partial charge in [-0.2, -0.15) is 0 Å². The molecule has 0 N–H and O–H groups in total. The Labute approximate surface area is 263 Å². The number of aromatic nitrogens is 1. The highest BCUT2D eigenvalue weighted by molar-refractivity contribution is 6.32. The van der Waals surface area contributed by atoms with Crippen molar-refractivity contribution < 1.29 is 0 Å². The van der Waals surface area contributed by atoms with Crippen molar-refractivity contribution in [2.24, 2.45) is 23.7 Å². The van der Waals surface area contributed by atoms with Gasteiger partial charge in [0.05, 0.1) is 16.6 Å². The lowest BCUT2D eigenvalue weighted by Crippen LogP contribution is -2.25. The zero-order valence-electron chi connectivity index (χ0n) is 26.0. The van der Waals surface area contributed by atoms with E-state index in [1.54, 1.807) is 22.3 Å². The molecule has 4 unspecified atom stereocenters. The number of para-hydroxylation sites is 1. The second-order valence-electron chi connectivity index (χ2n) is 17.0. The minimum Gasteiger partial charge on any atom is -0.308 e. The van der Waals surface area contributed by atoms with Gasteiger partial charge in [-0.1, -0.05) is 42.5 Å². The summed E-state index contributed by atoms with van der Waals surface area (Å²) in [4.78, 5) is 0. The molecule has 8 bridgehead atoms. The third kappa shape index (κ3) is 2.86. The summed E-state index contributed by atoms with van der Waals surface area (Å²) in [5.41, 5.74) is 11.1. The van der Waals surface area contributed by atoms with Crippen LogP contribution in [0, 0.1) is 23.7 Å². The summed E-state index contributed by atoms with van der Waals surface area (Å²) in [6.07, 6.45) is 14.5. The Hall–Kier alpha value is -3.58. The number of hydrogen-bond donors (Lipinski definition) is 0. The Morgan fingerprint density at radius 1 is 0.400 bits per heavy atom. The first kappa shape index (κ1) is 23.7. The smallest absolute Gasteiger partial charge is 0.0620 e. The van der Waals surface area contributed by atoms with Gasteiger partial charge >= 0.3 is 0 Å². The van der Waals surface area contributed by atoms with Crippen LogP contribution in [-0.4, -0.2) is 4.40 Å². The van der Waals surface area contributed by atoms with Gasteiger partial charge in [-0.3, -0.25) is 0 Å². The Morgan fingerprint density at radius 2 is 0.800 bits per heavy atom. The Balaban J connectivity index is 1.10. The van der Waals surface area contributed by atoms with Crippen LogP contribution in [0.1, 0.15) is 110 Å². The van der Waals surface area contributed by atoms with Gasteiger partial charge in [0.1, 0.15) is 0 Å². The van der Waals surface area contributed by atoms with Crippen LogP contribution in [0.15, 0.2) is 66.7 Å². The van der Waals surface area contributed by atoms with E-state index in [2.05, 4.69) is 71.1 Å². The fourth-order valence-electron chi connectivity index (χ4n) is 13.4. The molecule has 8 aliphatic carbocycles. The number of nitrogens with zero attached hydrogens (tertiary/aromatic N) is 1. The van der Waals surface area contributed by atoms with Crippen LogP contribution in [0.25, 0.3) is 59.6 Å². The molecule has 15 rings (SSSR count). The molecule has 4 atom stereocenters. The monoisotopic (exact) mass is 581 g/mol. The number of hydrogen-bond acceptors (Lipinski definition) is 0. The molecule has 0 radical (unpaired) electrons. The van der Waals surface area contributed by atoms with Crippen molar-refractivity contribution in [3.05, 3.63) is 89.0 Å². The van der Waals surface area contributed by atoms with E-state index in [9.17, 15) is 0 Å². The number of benzene rings is 5. The Morgan fingerprint density at radius 3 is 1.22 bits per heavy atom. The van der Waals surface area contributed by atoms with E-state index >= 15 is 0 Å². The standard InChI is InChI=1S/C44H39N/c1-2-32-42-38-20-36-30-14-22-8-23(15-30)11-28(10-22)34(36)18-26(38)4-6-40(42)45-41-7-5-27-19-35-29-12-24-9-25(13-29)17-31(16-24)37(35)21-39(27)43(41)33(3-1)44(32)45/h1-7,18-25,28-31H,8-17H2. The normalized spacial score (nSPS) is 32.9. The SMILES string of the molecule is c1cc2c3c4cc5c(cc4ccc3n3c4ccc6cc7c(cc6c4c(c1)c23)C1CC2CC(CC7C2)C1)C1CC2CC(C1)CC5C2. The largest absolute Gasteiger partial charge is 0.308 e. The second kappa shape index (κ2) is 7.86. The molecule has 5 aromatic carbocycles. The topological polar surface area (TPSA) is 4.41 Å². The molecule has 0 saturated heterocycles. The molecule has 4 saturated carbocycles. The van der Waals surface area contributed by atoms with E-state index in [0.29, 0.717) is 0 Å². The van der Waals surface area contributed by atoms with E-state index in [4.69, 9.17) is 0 Å². The van der Waals surface area contributed by atoms with Crippen molar-refractivity contribution in [1.29, 1.82) is 0 Å². The highest BCUT2D eigenvalue weighted by atomic mass is 14.9. The lowest BCUT2D eigenvalue weighted by molar-refractivity contribution is 0.165. The highest BCUT2D eigenvalue weighted by Gasteiger charge is 2.43. The fraction of sp³-hybridized carbons (Fsp3) is 0.409. The van der Waals surface area contributed by atoms with E-state index in [0.717, 1.165) is 47.3 Å². The van der Waals surface area contributed by atoms with Crippen molar-refractivity contribution in [2.45, 2.75) is 87.9 Å². The molecule has 7 aromatic rings. The molecule has 0 aliphatic heterocycles. The molecule has 2 heterocycles. The number of rotatable bonds is 0. The zero-order chi connectivity index (χ0) is 28.7. The van der Waals surface area contributed by atoms with Crippen LogP contribution >= 0.6 is 0 Å². The molecule has 1 nitrogen and oxygen atoms in total. The molecule has 45 heavy (non-hydrogen) atoms. The summed E-state index contributed by atoms with van der Waals surface area (Å²) in [7, 11) is 0. The van der Waals surface area contributed by atoms with Gasteiger partial charge in [0.15, 0.2) is 0 Å². The molecular formula is C44H39N. The third-order valence-electron chi connectivity index (χ3n) is 14.7. The van der Waals surface area contributed by atoms with E-state index in [-0.39, 0.29) is 0 Å². The molecule has 220 valence electrons. The molecule has 2 aromatic heterocycles. The van der Waals surface area contributed by atoms with Gasteiger partial charge in [-0.05, 0) is 180 Å². The molecule has 8 aliphatic rings. The fourth-order valence-corrected chi connectivity index (χ4v) is 13.4. The van der Waals surface area contributed by atoms with Crippen LogP contribution in [0.5, 0.6) is 0 Å². The summed E-state index contributed by atoms with van der Waals surface area (Å²) >= 11 is 0. The van der Waals surface area contributed by atoms with Crippen molar-refractivity contribution in [3.8, 4) is 0 Å². The minimum absolute atomic E-state index is 0.778. The zero-order valence-corrected chi connectivity index (χ0v) is 26.0. The maximum Gasteiger partial charge on any atom is 0.0620 e. The van der Waals surface area contributed by atoms with Crippen molar-refractivity contribution in [3.63, 3.8) is 0 Å². The molecular weight excluding hydrogens is 542 g/mol. The second-order valence-corrected chi connectivity index (χ2v) is 17.0. The average Bonchev–Trinajstić information content (AvgIpc) is 3.46. The van der Waals surface area contributed by atoms with Crippen LogP contribution in [0.2, 0.25) is 0 Å². The van der Waals surface area contributed by atoms with E-state index in [1.807, 2.05) is 0 Å². The van der Waals surface area contributed by atoms with Gasteiger partial charge < -0.3 is 4.40 Å². The number of fused-ring (bicyclic) bond motifs is 10. The van der Waals surface area contributed by atoms with Gasteiger partial charge in [-0.15, -0.1) is 0 Å². The Bertz CT molecular complexity index is 2260. The minimum atomic E-state index is 0.778. The predicted molar refractivity (Wildman–Crippen MR) is 187 cm³/mol. The van der Waals surface area contributed by atoms with Crippen LogP contribution in [-0.2, 0) is 0 Å². The highest BCUT2D eigenvalue weighted by Crippen LogP contribution is 2.59. The molecule has 0 spiro atoms. The quantitative estimate of drug-likeness (QED) is 0.168. The van der Waals surface area contributed by atoms with E-state index in [1.165, 1.54) is 124 Å². The van der Waals surface area contributed by atoms with Crippen LogP contribution in [0.3, 0.4) is 0 Å². The van der Waals surface area contributed by atoms with Crippen molar-refractivity contribution in [1.82, 2.24) is 4.40 Å². The van der Waals surface area contributed by atoms with Crippen LogP contribution in [0.4, 0.5) is 0 Å². The van der Waals surface area contributed by atoms with Crippen molar-refractivity contribution in [2.75, 3.05) is 0 Å². The molecule has 0 amide bonds. The third-order valence-corrected chi connectivity index (χ3v) is 14.7. The summed E-state index contributed by atoms with van der Waals surface area (Å²) in [6.45, 7) is 0. The van der Waals surface area contributed by atoms with Crippen molar-refractivity contribution >= 4 is 59.6 Å². The lowest BCUT2D eigenvalue weighted by Gasteiger charge is -2.38. The lowest BCUT2D eigenvalue weighted by atomic mass is 9.67. The maximum atomic E-state index is 2.69. The van der Waals surface area contributed by atoms with E-state index < -0.39 is 0 Å². The summed E-state index contributed by atoms with van der Waals surface area (Å²) < 4.78 is 2.65. The first-order valence-corrected chi connectivity index (χ1v) is 18.4. The maximum absolute atomic E-state index is 2.69. The average molecular weight is 582 g/mol. The van der Waals surface area contributed by atoms with Gasteiger partial charge in [-0.25, -0.2) is 0 Å². The Kier molecular flexibility index (Phi) is 4.14. The van der Waals surface area contributed by atoms with Gasteiger partial charge in [0.2, 0.25) is 0 Å². The molecule has 1 heteroatoms. The summed E-state index contributed by atoms with van der Waals surface area (Å²) in [6, 6.07) is 27.7. The predicted octanol–water partition coefficient (Wildman–Crippen LogP) is 11.9. The first-order valence-electron chi connectivity index (χ1n) is 18.4. The summed E-state index contributed by atoms with van der Waals surface area (Å²) in [5, 5.41) is 11.8. The van der Waals surface area contributed by atoms with Gasteiger partial charge in [0, 0.05) is 21.5 Å². The van der Waals surface area contributed by atoms with Gasteiger partial charge in [0.25, 0.3) is 0 Å². The van der Waals surface area contributed by atoms with Crippen LogP contribution < -0.4 is 0 Å². The summed E-state index contributed by atoms with van der Waals surface area (Å²) in [5.74, 6) is 7.00. The molecule has 4 fully saturated rings. The first-order chi connectivity index (χ1) is 22.2.